The lowest BCUT2D eigenvalue weighted by molar-refractivity contribution is -0.142. The van der Waals surface area contributed by atoms with Crippen molar-refractivity contribution in [3.05, 3.63) is 35.9 Å². The van der Waals surface area contributed by atoms with Gasteiger partial charge in [0.2, 0.25) is 11.8 Å². The zero-order valence-electron chi connectivity index (χ0n) is 17.6. The van der Waals surface area contributed by atoms with Crippen LogP contribution in [0.25, 0.3) is 0 Å². The van der Waals surface area contributed by atoms with Gasteiger partial charge in [0.1, 0.15) is 12.1 Å². The highest BCUT2D eigenvalue weighted by atomic mass is 16.4. The first-order valence-corrected chi connectivity index (χ1v) is 10.0. The fourth-order valence-electron chi connectivity index (χ4n) is 2.78. The minimum atomic E-state index is -1.24. The van der Waals surface area contributed by atoms with Crippen LogP contribution in [0.1, 0.15) is 31.2 Å². The van der Waals surface area contributed by atoms with Gasteiger partial charge < -0.3 is 38.0 Å². The number of amides is 2. The first kappa shape index (κ1) is 26.4. The fourth-order valence-corrected chi connectivity index (χ4v) is 2.78. The van der Waals surface area contributed by atoms with E-state index in [2.05, 4.69) is 15.6 Å². The molecule has 3 unspecified atom stereocenters. The minimum absolute atomic E-state index is 0.0714. The van der Waals surface area contributed by atoms with Crippen LogP contribution in [0, 0.1) is 0 Å². The van der Waals surface area contributed by atoms with E-state index in [1.54, 1.807) is 30.3 Å². The van der Waals surface area contributed by atoms with E-state index in [1.807, 2.05) is 0 Å². The molecular weight excluding hydrogens is 420 g/mol. The topological polar surface area (TPSA) is 223 Å². The van der Waals surface area contributed by atoms with Crippen molar-refractivity contribution in [2.45, 2.75) is 50.2 Å². The molecule has 0 spiro atoms. The molecule has 12 nitrogen and oxygen atoms in total. The number of aliphatic imine (C=N–C) groups is 1. The quantitative estimate of drug-likeness (QED) is 0.0996. The number of carbonyl (C=O) groups is 4. The molecule has 0 aromatic heterocycles. The third-order valence-electron chi connectivity index (χ3n) is 4.48. The maximum atomic E-state index is 12.8. The van der Waals surface area contributed by atoms with Crippen molar-refractivity contribution in [3.8, 4) is 0 Å². The Bertz CT molecular complexity index is 812. The molecule has 176 valence electrons. The highest BCUT2D eigenvalue weighted by Gasteiger charge is 2.28. The smallest absolute Gasteiger partial charge is 0.326 e. The molecule has 0 aliphatic carbocycles. The van der Waals surface area contributed by atoms with Gasteiger partial charge in [-0.25, -0.2) is 4.79 Å². The van der Waals surface area contributed by atoms with E-state index in [4.69, 9.17) is 22.3 Å². The largest absolute Gasteiger partial charge is 0.481 e. The number of carboxylic acid groups (broad SMARTS) is 2. The molecule has 0 saturated heterocycles. The van der Waals surface area contributed by atoms with Crippen LogP contribution in [0.15, 0.2) is 35.3 Å². The first-order chi connectivity index (χ1) is 15.1. The third kappa shape index (κ3) is 10.4. The Balaban J connectivity index is 2.87. The van der Waals surface area contributed by atoms with Crippen molar-refractivity contribution < 1.29 is 29.4 Å². The maximum absolute atomic E-state index is 12.8. The van der Waals surface area contributed by atoms with Gasteiger partial charge in [-0.3, -0.25) is 19.4 Å². The van der Waals surface area contributed by atoms with E-state index in [0.717, 1.165) is 5.56 Å². The summed E-state index contributed by atoms with van der Waals surface area (Å²) in [7, 11) is 0. The second kappa shape index (κ2) is 13.6. The number of nitrogens with one attached hydrogen (secondary N) is 2. The number of benzene rings is 1. The molecular formula is C20H30N6O6. The van der Waals surface area contributed by atoms with Gasteiger partial charge in [-0.15, -0.1) is 0 Å². The van der Waals surface area contributed by atoms with Gasteiger partial charge >= 0.3 is 11.9 Å². The van der Waals surface area contributed by atoms with Crippen molar-refractivity contribution in [1.82, 2.24) is 10.6 Å². The maximum Gasteiger partial charge on any atom is 0.326 e. The van der Waals surface area contributed by atoms with Gasteiger partial charge in [-0.1, -0.05) is 30.3 Å². The summed E-state index contributed by atoms with van der Waals surface area (Å²) in [5.74, 6) is -3.88. The SMILES string of the molecule is NC(N)=NCCCC(NC(=O)C(Cc1ccccc1)NC(=O)C(N)CCC(=O)O)C(=O)O. The normalized spacial score (nSPS) is 13.3. The Labute approximate surface area is 185 Å². The molecule has 0 fully saturated rings. The molecule has 0 heterocycles. The number of guanidine groups is 1. The molecule has 0 aliphatic heterocycles. The van der Waals surface area contributed by atoms with E-state index >= 15 is 0 Å². The lowest BCUT2D eigenvalue weighted by Gasteiger charge is -2.23. The molecule has 2 amide bonds. The molecule has 12 heteroatoms. The Morgan fingerprint density at radius 3 is 2.12 bits per heavy atom. The van der Waals surface area contributed by atoms with Crippen LogP contribution < -0.4 is 27.8 Å². The lowest BCUT2D eigenvalue weighted by Crippen LogP contribution is -2.55. The Morgan fingerprint density at radius 2 is 1.56 bits per heavy atom. The number of hydrogen-bond donors (Lipinski definition) is 7. The second-order valence-electron chi connectivity index (χ2n) is 7.14. The summed E-state index contributed by atoms with van der Waals surface area (Å²) in [6.45, 7) is 0.199. The van der Waals surface area contributed by atoms with Crippen LogP contribution in [-0.2, 0) is 25.6 Å². The number of nitrogens with zero attached hydrogens (tertiary/aromatic N) is 1. The molecule has 0 aliphatic rings. The monoisotopic (exact) mass is 450 g/mol. The standard InChI is InChI=1S/C20H30N6O6/c21-13(8-9-16(27)28)17(29)26-15(11-12-5-2-1-3-6-12)18(30)25-14(19(31)32)7-4-10-24-20(22)23/h1-3,5-6,13-15H,4,7-11,21H2,(H,25,30)(H,26,29)(H,27,28)(H,31,32)(H4,22,23,24). The van der Waals surface area contributed by atoms with E-state index < -0.39 is 41.9 Å². The Hall–Kier alpha value is -3.67. The molecule has 0 saturated carbocycles. The van der Waals surface area contributed by atoms with Crippen LogP contribution in [-0.4, -0.2) is 64.6 Å². The second-order valence-corrected chi connectivity index (χ2v) is 7.14. The summed E-state index contributed by atoms with van der Waals surface area (Å²) in [6.07, 6.45) is 0.0573. The number of rotatable bonds is 14. The zero-order valence-corrected chi connectivity index (χ0v) is 17.6. The number of carboxylic acids is 2. The van der Waals surface area contributed by atoms with E-state index in [0.29, 0.717) is 6.42 Å². The van der Waals surface area contributed by atoms with Crippen LogP contribution >= 0.6 is 0 Å². The van der Waals surface area contributed by atoms with Crippen molar-refractivity contribution in [2.24, 2.45) is 22.2 Å². The zero-order chi connectivity index (χ0) is 24.1. The predicted octanol–water partition coefficient (Wildman–Crippen LogP) is -1.47. The molecule has 1 aromatic rings. The highest BCUT2D eigenvalue weighted by molar-refractivity contribution is 5.92. The molecule has 0 bridgehead atoms. The van der Waals surface area contributed by atoms with Crippen molar-refractivity contribution in [2.75, 3.05) is 6.54 Å². The molecule has 1 aromatic carbocycles. The molecule has 3 atom stereocenters. The average molecular weight is 450 g/mol. The number of hydrogen-bond acceptors (Lipinski definition) is 6. The Kier molecular flexibility index (Phi) is 11.2. The van der Waals surface area contributed by atoms with Gasteiger partial charge in [0.05, 0.1) is 6.04 Å². The summed E-state index contributed by atoms with van der Waals surface area (Å²) < 4.78 is 0. The summed E-state index contributed by atoms with van der Waals surface area (Å²) >= 11 is 0. The van der Waals surface area contributed by atoms with Crippen LogP contribution in [0.5, 0.6) is 0 Å². The first-order valence-electron chi connectivity index (χ1n) is 10.0. The molecule has 10 N–H and O–H groups in total. The summed E-state index contributed by atoms with van der Waals surface area (Å²) in [6, 6.07) is 5.35. The average Bonchev–Trinajstić information content (AvgIpc) is 2.73. The number of nitrogens with two attached hydrogens (primary N) is 3. The van der Waals surface area contributed by atoms with Crippen molar-refractivity contribution in [1.29, 1.82) is 0 Å². The van der Waals surface area contributed by atoms with Crippen LogP contribution in [0.2, 0.25) is 0 Å². The third-order valence-corrected chi connectivity index (χ3v) is 4.48. The van der Waals surface area contributed by atoms with Gasteiger partial charge in [0.25, 0.3) is 0 Å². The van der Waals surface area contributed by atoms with Gasteiger partial charge in [-0.05, 0) is 24.8 Å². The van der Waals surface area contributed by atoms with Crippen LogP contribution in [0.3, 0.4) is 0 Å². The fraction of sp³-hybridized carbons (Fsp3) is 0.450. The number of aliphatic carboxylic acids is 2. The van der Waals surface area contributed by atoms with Gasteiger partial charge in [0, 0.05) is 19.4 Å². The van der Waals surface area contributed by atoms with Gasteiger partial charge in [-0.2, -0.15) is 0 Å². The lowest BCUT2D eigenvalue weighted by atomic mass is 10.0. The molecule has 0 radical (unpaired) electrons. The van der Waals surface area contributed by atoms with Gasteiger partial charge in [0.15, 0.2) is 5.96 Å². The molecule has 32 heavy (non-hydrogen) atoms. The Morgan fingerprint density at radius 1 is 0.938 bits per heavy atom. The van der Waals surface area contributed by atoms with E-state index in [-0.39, 0.29) is 38.2 Å². The summed E-state index contributed by atoms with van der Waals surface area (Å²) in [5, 5.41) is 23.1. The minimum Gasteiger partial charge on any atom is -0.481 e. The van der Waals surface area contributed by atoms with Crippen molar-refractivity contribution >= 4 is 29.7 Å². The van der Waals surface area contributed by atoms with E-state index in [9.17, 15) is 24.3 Å². The number of carbonyl (C=O) groups excluding carboxylic acids is 2. The van der Waals surface area contributed by atoms with Crippen LogP contribution in [0.4, 0.5) is 0 Å². The van der Waals surface area contributed by atoms with E-state index in [1.165, 1.54) is 0 Å². The summed E-state index contributed by atoms with van der Waals surface area (Å²) in [5.41, 5.74) is 16.9. The predicted molar refractivity (Wildman–Crippen MR) is 116 cm³/mol. The van der Waals surface area contributed by atoms with Crippen molar-refractivity contribution in [3.63, 3.8) is 0 Å². The summed E-state index contributed by atoms with van der Waals surface area (Å²) in [4.78, 5) is 51.3. The molecule has 1 rings (SSSR count). The highest BCUT2D eigenvalue weighted by Crippen LogP contribution is 2.07.